The fourth-order valence-corrected chi connectivity index (χ4v) is 3.19. The average molecular weight is 347 g/mol. The number of carbonyl (C=O) groups is 1. The number of rotatable bonds is 8. The van der Waals surface area contributed by atoms with Gasteiger partial charge in [0.2, 0.25) is 0 Å². The van der Waals surface area contributed by atoms with Crippen LogP contribution in [0, 0.1) is 0 Å². The van der Waals surface area contributed by atoms with Crippen molar-refractivity contribution in [1.82, 2.24) is 0 Å². The third-order valence-electron chi connectivity index (χ3n) is 3.64. The molecule has 0 spiro atoms. The maximum Gasteiger partial charge on any atom is 0.305 e. The summed E-state index contributed by atoms with van der Waals surface area (Å²) in [5.41, 5.74) is 0.665. The van der Waals surface area contributed by atoms with Crippen molar-refractivity contribution in [3.63, 3.8) is 0 Å². The Bertz CT molecular complexity index is 730. The van der Waals surface area contributed by atoms with Crippen LogP contribution in [0.2, 0.25) is 0 Å². The van der Waals surface area contributed by atoms with E-state index in [9.17, 15) is 4.79 Å². The molecule has 128 valence electrons. The molecule has 0 aliphatic carbocycles. The fourth-order valence-electron chi connectivity index (χ4n) is 2.28. The van der Waals surface area contributed by atoms with E-state index in [1.807, 2.05) is 30.3 Å². The minimum atomic E-state index is -0.245. The lowest BCUT2D eigenvalue weighted by Crippen LogP contribution is -2.05. The number of methoxy groups -OCH3 is 2. The van der Waals surface area contributed by atoms with E-state index in [4.69, 9.17) is 9.94 Å². The number of oxime groups is 1. The Morgan fingerprint density at radius 1 is 1.12 bits per heavy atom. The molecule has 0 radical (unpaired) electrons. The van der Waals surface area contributed by atoms with Gasteiger partial charge in [-0.25, -0.2) is 0 Å². The highest BCUT2D eigenvalue weighted by Crippen LogP contribution is 2.26. The molecule has 0 aliphatic heterocycles. The molecule has 24 heavy (non-hydrogen) atoms. The van der Waals surface area contributed by atoms with Gasteiger partial charge in [-0.15, -0.1) is 11.8 Å². The molecule has 0 aromatic heterocycles. The lowest BCUT2D eigenvalue weighted by molar-refractivity contribution is -0.140. The average Bonchev–Trinajstić information content (AvgIpc) is 2.63. The predicted octanol–water partition coefficient (Wildman–Crippen LogP) is 4.11. The van der Waals surface area contributed by atoms with Gasteiger partial charge in [-0.1, -0.05) is 17.3 Å². The van der Waals surface area contributed by atoms with E-state index < -0.39 is 0 Å². The summed E-state index contributed by atoms with van der Waals surface area (Å²) >= 11 is 1.60. The normalized spacial score (nSPS) is 11.5. The third-order valence-corrected chi connectivity index (χ3v) is 4.70. The SMILES string of the molecule is COC(=O)CCC/C(CSc1ccc2cc(OC)ccc2c1)=N\O. The van der Waals surface area contributed by atoms with E-state index in [1.54, 1.807) is 18.9 Å². The minimum absolute atomic E-state index is 0.245. The summed E-state index contributed by atoms with van der Waals surface area (Å²) in [5, 5.41) is 14.7. The molecule has 0 amide bonds. The van der Waals surface area contributed by atoms with Crippen LogP contribution in [0.5, 0.6) is 5.75 Å². The summed E-state index contributed by atoms with van der Waals surface area (Å²) < 4.78 is 9.82. The smallest absolute Gasteiger partial charge is 0.305 e. The minimum Gasteiger partial charge on any atom is -0.497 e. The zero-order chi connectivity index (χ0) is 17.4. The summed E-state index contributed by atoms with van der Waals surface area (Å²) in [6, 6.07) is 12.1. The summed E-state index contributed by atoms with van der Waals surface area (Å²) in [5.74, 6) is 1.17. The van der Waals surface area contributed by atoms with E-state index in [2.05, 4.69) is 16.0 Å². The number of fused-ring (bicyclic) bond motifs is 1. The molecule has 0 bridgehead atoms. The number of carbonyl (C=O) groups excluding carboxylic acids is 1. The van der Waals surface area contributed by atoms with Gasteiger partial charge in [-0.05, 0) is 47.9 Å². The molecule has 0 unspecified atom stereocenters. The highest BCUT2D eigenvalue weighted by atomic mass is 32.2. The molecule has 5 nitrogen and oxygen atoms in total. The third kappa shape index (κ3) is 5.16. The van der Waals surface area contributed by atoms with Gasteiger partial charge < -0.3 is 14.7 Å². The largest absolute Gasteiger partial charge is 0.497 e. The lowest BCUT2D eigenvalue weighted by Gasteiger charge is -2.07. The number of hydrogen-bond acceptors (Lipinski definition) is 6. The molecular weight excluding hydrogens is 326 g/mol. The van der Waals surface area contributed by atoms with Crippen molar-refractivity contribution in [2.45, 2.75) is 24.2 Å². The Balaban J connectivity index is 1.92. The number of esters is 1. The first-order valence-corrected chi connectivity index (χ1v) is 8.62. The maximum absolute atomic E-state index is 11.1. The Kier molecular flexibility index (Phi) is 6.93. The van der Waals surface area contributed by atoms with Gasteiger partial charge >= 0.3 is 5.97 Å². The summed E-state index contributed by atoms with van der Waals surface area (Å²) in [6.45, 7) is 0. The van der Waals surface area contributed by atoms with Gasteiger partial charge in [-0.3, -0.25) is 4.79 Å². The van der Waals surface area contributed by atoms with Crippen LogP contribution in [0.4, 0.5) is 0 Å². The Morgan fingerprint density at radius 3 is 2.58 bits per heavy atom. The van der Waals surface area contributed by atoms with E-state index >= 15 is 0 Å². The molecule has 0 heterocycles. The molecule has 1 N–H and O–H groups in total. The quantitative estimate of drug-likeness (QED) is 0.256. The monoisotopic (exact) mass is 347 g/mol. The second-order valence-electron chi connectivity index (χ2n) is 5.26. The van der Waals surface area contributed by atoms with E-state index in [0.717, 1.165) is 21.4 Å². The van der Waals surface area contributed by atoms with Crippen LogP contribution in [0.15, 0.2) is 46.4 Å². The maximum atomic E-state index is 11.1. The number of nitrogens with zero attached hydrogens (tertiary/aromatic N) is 1. The first-order valence-electron chi connectivity index (χ1n) is 7.63. The number of thioether (sulfide) groups is 1. The topological polar surface area (TPSA) is 68.1 Å². The van der Waals surface area contributed by atoms with Crippen LogP contribution in [-0.2, 0) is 9.53 Å². The molecule has 0 aliphatic rings. The van der Waals surface area contributed by atoms with E-state index in [-0.39, 0.29) is 5.97 Å². The molecule has 0 saturated heterocycles. The highest BCUT2D eigenvalue weighted by Gasteiger charge is 2.06. The summed E-state index contributed by atoms with van der Waals surface area (Å²) in [7, 11) is 3.02. The first-order chi connectivity index (χ1) is 11.7. The number of hydrogen-bond donors (Lipinski definition) is 1. The molecule has 0 saturated carbocycles. The van der Waals surface area contributed by atoms with Crippen molar-refractivity contribution in [2.24, 2.45) is 5.16 Å². The summed E-state index contributed by atoms with van der Waals surface area (Å²) in [6.07, 6.45) is 1.52. The molecule has 2 aromatic rings. The van der Waals surface area contributed by atoms with Crippen molar-refractivity contribution in [3.8, 4) is 5.75 Å². The second-order valence-corrected chi connectivity index (χ2v) is 6.31. The highest BCUT2D eigenvalue weighted by molar-refractivity contribution is 8.00. The van der Waals surface area contributed by atoms with Crippen molar-refractivity contribution in [3.05, 3.63) is 36.4 Å². The van der Waals surface area contributed by atoms with Gasteiger partial charge in [0.05, 0.1) is 19.9 Å². The fraction of sp³-hybridized carbons (Fsp3) is 0.333. The Hall–Kier alpha value is -2.21. The molecule has 2 rings (SSSR count). The zero-order valence-corrected chi connectivity index (χ0v) is 14.6. The van der Waals surface area contributed by atoms with Crippen LogP contribution in [0.3, 0.4) is 0 Å². The first kappa shape index (κ1) is 18.1. The van der Waals surface area contributed by atoms with Crippen molar-refractivity contribution < 1.29 is 19.5 Å². The molecule has 0 atom stereocenters. The standard InChI is InChI=1S/C18H21NO4S/c1-22-16-8-6-14-11-17(9-7-13(14)10-16)24-12-15(19-21)4-3-5-18(20)23-2/h6-11,21H,3-5,12H2,1-2H3/b19-15+. The van der Waals surface area contributed by atoms with Crippen molar-refractivity contribution in [2.75, 3.05) is 20.0 Å². The Morgan fingerprint density at radius 2 is 1.88 bits per heavy atom. The van der Waals surface area contributed by atoms with Crippen LogP contribution < -0.4 is 4.74 Å². The summed E-state index contributed by atoms with van der Waals surface area (Å²) in [4.78, 5) is 12.2. The van der Waals surface area contributed by atoms with Crippen LogP contribution >= 0.6 is 11.8 Å². The van der Waals surface area contributed by atoms with Crippen LogP contribution in [0.25, 0.3) is 10.8 Å². The lowest BCUT2D eigenvalue weighted by atomic mass is 10.1. The zero-order valence-electron chi connectivity index (χ0n) is 13.8. The van der Waals surface area contributed by atoms with E-state index in [0.29, 0.717) is 30.7 Å². The molecule has 6 heteroatoms. The second kappa shape index (κ2) is 9.17. The molecule has 0 fully saturated rings. The molecular formula is C18H21NO4S. The van der Waals surface area contributed by atoms with E-state index in [1.165, 1.54) is 7.11 Å². The van der Waals surface area contributed by atoms with Crippen molar-refractivity contribution in [1.29, 1.82) is 0 Å². The van der Waals surface area contributed by atoms with Crippen LogP contribution in [0.1, 0.15) is 19.3 Å². The van der Waals surface area contributed by atoms with Gasteiger partial charge in [0, 0.05) is 17.1 Å². The van der Waals surface area contributed by atoms with Gasteiger partial charge in [0.1, 0.15) is 5.75 Å². The molecule has 2 aromatic carbocycles. The number of ether oxygens (including phenoxy) is 2. The van der Waals surface area contributed by atoms with Gasteiger partial charge in [-0.2, -0.15) is 0 Å². The van der Waals surface area contributed by atoms with Gasteiger partial charge in [0.25, 0.3) is 0 Å². The van der Waals surface area contributed by atoms with Crippen LogP contribution in [-0.4, -0.2) is 36.9 Å². The van der Waals surface area contributed by atoms with Gasteiger partial charge in [0.15, 0.2) is 0 Å². The number of benzene rings is 2. The predicted molar refractivity (Wildman–Crippen MR) is 96.3 cm³/mol. The van der Waals surface area contributed by atoms with Crippen molar-refractivity contribution >= 4 is 34.2 Å². The Labute approximate surface area is 145 Å².